The predicted molar refractivity (Wildman–Crippen MR) is 64.5 cm³/mol. The summed E-state index contributed by atoms with van der Waals surface area (Å²) in [4.78, 5) is 13.1. The molecule has 0 atom stereocenters. The lowest BCUT2D eigenvalue weighted by Crippen LogP contribution is -2.36. The Morgan fingerprint density at radius 3 is 3.31 bits per heavy atom. The number of anilines is 1. The summed E-state index contributed by atoms with van der Waals surface area (Å²) in [5.41, 5.74) is 2.67. The molecule has 3 heteroatoms. The monoisotopic (exact) mass is 217 g/mol. The van der Waals surface area contributed by atoms with Gasteiger partial charge in [-0.05, 0) is 36.6 Å². The number of nitrogens with one attached hydrogen (secondary N) is 1. The first-order valence-corrected chi connectivity index (χ1v) is 5.76. The summed E-state index contributed by atoms with van der Waals surface area (Å²) < 4.78 is 0. The minimum absolute atomic E-state index is 0.0404. The van der Waals surface area contributed by atoms with E-state index in [0.717, 1.165) is 19.5 Å². The van der Waals surface area contributed by atoms with E-state index >= 15 is 0 Å². The molecule has 3 nitrogen and oxygen atoms in total. The molecule has 1 aromatic carbocycles. The van der Waals surface area contributed by atoms with Crippen LogP contribution in [-0.4, -0.2) is 25.5 Å². The molecule has 1 radical (unpaired) electrons. The van der Waals surface area contributed by atoms with Crippen molar-refractivity contribution in [1.82, 2.24) is 5.32 Å². The Morgan fingerprint density at radius 2 is 2.50 bits per heavy atom. The van der Waals surface area contributed by atoms with Gasteiger partial charge in [0.2, 0.25) is 5.91 Å². The molecule has 1 aliphatic heterocycles. The van der Waals surface area contributed by atoms with Gasteiger partial charge in [-0.25, -0.2) is 0 Å². The minimum atomic E-state index is 0.0404. The summed E-state index contributed by atoms with van der Waals surface area (Å²) in [7, 11) is 0. The Labute approximate surface area is 96.5 Å². The van der Waals surface area contributed by atoms with Gasteiger partial charge in [-0.3, -0.25) is 4.79 Å². The van der Waals surface area contributed by atoms with Crippen molar-refractivity contribution in [2.45, 2.75) is 19.8 Å². The van der Waals surface area contributed by atoms with E-state index in [1.807, 2.05) is 6.07 Å². The molecule has 85 valence electrons. The molecule has 0 saturated carbocycles. The molecular weight excluding hydrogens is 200 g/mol. The second-order valence-corrected chi connectivity index (χ2v) is 4.13. The Bertz CT molecular complexity index is 376. The fourth-order valence-corrected chi connectivity index (χ4v) is 2.15. The van der Waals surface area contributed by atoms with Crippen LogP contribution in [0.4, 0.5) is 5.69 Å². The van der Waals surface area contributed by atoms with Gasteiger partial charge in [0.25, 0.3) is 0 Å². The molecule has 0 fully saturated rings. The first-order chi connectivity index (χ1) is 7.77. The van der Waals surface area contributed by atoms with Crippen LogP contribution in [0.5, 0.6) is 0 Å². The van der Waals surface area contributed by atoms with Crippen LogP contribution in [0.3, 0.4) is 0 Å². The number of benzene rings is 1. The summed E-state index contributed by atoms with van der Waals surface area (Å²) in [6.07, 6.45) is 2.33. The van der Waals surface area contributed by atoms with E-state index in [1.54, 1.807) is 6.92 Å². The SMILES string of the molecule is CC(=O)NCCN1CCCc2c[c]ccc21. The van der Waals surface area contributed by atoms with Crippen LogP contribution in [0.25, 0.3) is 0 Å². The highest BCUT2D eigenvalue weighted by Gasteiger charge is 2.15. The summed E-state index contributed by atoms with van der Waals surface area (Å²) in [5.74, 6) is 0.0404. The third kappa shape index (κ3) is 2.54. The Balaban J connectivity index is 1.99. The van der Waals surface area contributed by atoms with Crippen molar-refractivity contribution in [1.29, 1.82) is 0 Å². The number of amides is 1. The summed E-state index contributed by atoms with van der Waals surface area (Å²) >= 11 is 0. The topological polar surface area (TPSA) is 32.3 Å². The van der Waals surface area contributed by atoms with Crippen molar-refractivity contribution >= 4 is 11.6 Å². The number of carbonyl (C=O) groups excluding carboxylic acids is 1. The molecular formula is C13H17N2O. The van der Waals surface area contributed by atoms with Gasteiger partial charge in [-0.1, -0.05) is 6.07 Å². The molecule has 1 aromatic rings. The molecule has 1 N–H and O–H groups in total. The summed E-state index contributed by atoms with van der Waals surface area (Å²) in [6.45, 7) is 4.24. The normalized spacial score (nSPS) is 14.4. The lowest BCUT2D eigenvalue weighted by molar-refractivity contribution is -0.118. The molecule has 1 amide bonds. The van der Waals surface area contributed by atoms with E-state index in [1.165, 1.54) is 17.7 Å². The van der Waals surface area contributed by atoms with Crippen molar-refractivity contribution in [3.8, 4) is 0 Å². The standard InChI is InChI=1S/C13H17N2O/c1-11(16)14-8-10-15-9-4-6-12-5-2-3-7-13(12)15/h3,5,7H,4,6,8-10H2,1H3,(H,14,16). The highest BCUT2D eigenvalue weighted by Crippen LogP contribution is 2.25. The highest BCUT2D eigenvalue weighted by atomic mass is 16.1. The molecule has 16 heavy (non-hydrogen) atoms. The lowest BCUT2D eigenvalue weighted by atomic mass is 10.0. The highest BCUT2D eigenvalue weighted by molar-refractivity contribution is 5.72. The fraction of sp³-hybridized carbons (Fsp3) is 0.462. The molecule has 2 rings (SSSR count). The molecule has 0 spiro atoms. The number of nitrogens with zero attached hydrogens (tertiary/aromatic N) is 1. The zero-order valence-corrected chi connectivity index (χ0v) is 9.62. The van der Waals surface area contributed by atoms with E-state index in [4.69, 9.17) is 0 Å². The van der Waals surface area contributed by atoms with Crippen LogP contribution >= 0.6 is 0 Å². The number of fused-ring (bicyclic) bond motifs is 1. The van der Waals surface area contributed by atoms with Crippen LogP contribution in [0.1, 0.15) is 18.9 Å². The van der Waals surface area contributed by atoms with Crippen LogP contribution in [-0.2, 0) is 11.2 Å². The van der Waals surface area contributed by atoms with Gasteiger partial charge in [-0.15, -0.1) is 0 Å². The van der Waals surface area contributed by atoms with Crippen LogP contribution < -0.4 is 10.2 Å². The van der Waals surface area contributed by atoms with Gasteiger partial charge in [0.05, 0.1) is 0 Å². The maximum atomic E-state index is 10.8. The van der Waals surface area contributed by atoms with E-state index in [-0.39, 0.29) is 5.91 Å². The van der Waals surface area contributed by atoms with E-state index in [0.29, 0.717) is 6.54 Å². The van der Waals surface area contributed by atoms with Crippen molar-refractivity contribution in [2.24, 2.45) is 0 Å². The van der Waals surface area contributed by atoms with Gasteiger partial charge in [0, 0.05) is 32.2 Å². The first kappa shape index (κ1) is 11.0. The Morgan fingerprint density at radius 1 is 1.62 bits per heavy atom. The van der Waals surface area contributed by atoms with E-state index < -0.39 is 0 Å². The van der Waals surface area contributed by atoms with Crippen molar-refractivity contribution in [3.63, 3.8) is 0 Å². The van der Waals surface area contributed by atoms with E-state index in [9.17, 15) is 4.79 Å². The van der Waals surface area contributed by atoms with Crippen molar-refractivity contribution in [2.75, 3.05) is 24.5 Å². The number of hydrogen-bond acceptors (Lipinski definition) is 2. The summed E-state index contributed by atoms with van der Waals surface area (Å²) in [6, 6.07) is 9.26. The lowest BCUT2D eigenvalue weighted by Gasteiger charge is -2.31. The zero-order valence-electron chi connectivity index (χ0n) is 9.62. The molecule has 0 aromatic heterocycles. The average Bonchev–Trinajstić information content (AvgIpc) is 2.29. The largest absolute Gasteiger partial charge is 0.370 e. The van der Waals surface area contributed by atoms with Gasteiger partial charge < -0.3 is 10.2 Å². The smallest absolute Gasteiger partial charge is 0.216 e. The zero-order chi connectivity index (χ0) is 11.4. The number of hydrogen-bond donors (Lipinski definition) is 1. The van der Waals surface area contributed by atoms with Crippen LogP contribution in [0, 0.1) is 6.07 Å². The molecule has 1 aliphatic rings. The van der Waals surface area contributed by atoms with Gasteiger partial charge >= 0.3 is 0 Å². The van der Waals surface area contributed by atoms with Gasteiger partial charge in [-0.2, -0.15) is 0 Å². The number of rotatable bonds is 3. The van der Waals surface area contributed by atoms with Gasteiger partial charge in [0.15, 0.2) is 0 Å². The predicted octanol–water partition coefficient (Wildman–Crippen LogP) is 1.38. The first-order valence-electron chi connectivity index (χ1n) is 5.76. The molecule has 0 aliphatic carbocycles. The van der Waals surface area contributed by atoms with Crippen LogP contribution in [0.2, 0.25) is 0 Å². The Kier molecular flexibility index (Phi) is 3.44. The molecule has 0 bridgehead atoms. The maximum Gasteiger partial charge on any atom is 0.216 e. The molecule has 1 heterocycles. The molecule has 0 unspecified atom stereocenters. The second-order valence-electron chi connectivity index (χ2n) is 4.13. The fourth-order valence-electron chi connectivity index (χ4n) is 2.15. The second kappa shape index (κ2) is 5.01. The third-order valence-electron chi connectivity index (χ3n) is 2.89. The number of aryl methyl sites for hydroxylation is 1. The Hall–Kier alpha value is -1.51. The van der Waals surface area contributed by atoms with Crippen molar-refractivity contribution < 1.29 is 4.79 Å². The molecule has 0 saturated heterocycles. The quantitative estimate of drug-likeness (QED) is 0.829. The number of carbonyl (C=O) groups is 1. The van der Waals surface area contributed by atoms with Gasteiger partial charge in [0.1, 0.15) is 0 Å². The summed E-state index contributed by atoms with van der Waals surface area (Å²) in [5, 5.41) is 2.84. The third-order valence-corrected chi connectivity index (χ3v) is 2.89. The van der Waals surface area contributed by atoms with Crippen molar-refractivity contribution in [3.05, 3.63) is 29.8 Å². The maximum absolute atomic E-state index is 10.8. The van der Waals surface area contributed by atoms with E-state index in [2.05, 4.69) is 28.4 Å². The minimum Gasteiger partial charge on any atom is -0.370 e. The van der Waals surface area contributed by atoms with Crippen LogP contribution in [0.15, 0.2) is 18.2 Å². The average molecular weight is 217 g/mol.